The number of aromatic amines is 1. The minimum Gasteiger partial charge on any atom is -0.361 e. The predicted molar refractivity (Wildman–Crippen MR) is 66.6 cm³/mol. The molecular weight excluding hydrogens is 232 g/mol. The van der Waals surface area contributed by atoms with Gasteiger partial charge in [-0.25, -0.2) is 0 Å². The maximum absolute atomic E-state index is 12.2. The highest BCUT2D eigenvalue weighted by Gasteiger charge is 2.20. The first-order valence-electron chi connectivity index (χ1n) is 5.82. The number of hydrogen-bond donors (Lipinski definition) is 2. The molecule has 2 aromatic heterocycles. The third-order valence-corrected chi connectivity index (χ3v) is 2.98. The molecule has 0 aromatic carbocycles. The highest BCUT2D eigenvalue weighted by Crippen LogP contribution is 2.18. The Balaban J connectivity index is 2.27. The summed E-state index contributed by atoms with van der Waals surface area (Å²) in [6.07, 6.45) is 0.651. The standard InChI is InChI=1S/C12H16N4O2/c1-5-9-10(8(4)18-16-9)12(17)13-11-6(2)7(3)14-15-11/h5H2,1-4H3,(H2,13,14,15,17). The monoisotopic (exact) mass is 248 g/mol. The van der Waals surface area contributed by atoms with Gasteiger partial charge in [0.05, 0.1) is 5.69 Å². The van der Waals surface area contributed by atoms with E-state index in [1.54, 1.807) is 6.92 Å². The molecule has 1 amide bonds. The van der Waals surface area contributed by atoms with Gasteiger partial charge in [0.25, 0.3) is 5.91 Å². The van der Waals surface area contributed by atoms with Gasteiger partial charge in [0.1, 0.15) is 11.3 Å². The van der Waals surface area contributed by atoms with E-state index in [1.807, 2.05) is 20.8 Å². The molecule has 2 N–H and O–H groups in total. The molecule has 0 unspecified atom stereocenters. The Kier molecular flexibility index (Phi) is 3.18. The smallest absolute Gasteiger partial charge is 0.262 e. The zero-order chi connectivity index (χ0) is 13.3. The first-order chi connectivity index (χ1) is 8.54. The van der Waals surface area contributed by atoms with E-state index in [1.165, 1.54) is 0 Å². The van der Waals surface area contributed by atoms with Crippen molar-refractivity contribution in [2.75, 3.05) is 5.32 Å². The molecular formula is C12H16N4O2. The van der Waals surface area contributed by atoms with Gasteiger partial charge in [-0.3, -0.25) is 9.89 Å². The summed E-state index contributed by atoms with van der Waals surface area (Å²) in [4.78, 5) is 12.2. The predicted octanol–water partition coefficient (Wildman–Crippen LogP) is 2.14. The maximum Gasteiger partial charge on any atom is 0.262 e. The molecule has 6 heteroatoms. The second-order valence-corrected chi connectivity index (χ2v) is 4.19. The summed E-state index contributed by atoms with van der Waals surface area (Å²) in [5.41, 5.74) is 3.02. The van der Waals surface area contributed by atoms with E-state index in [0.717, 1.165) is 11.3 Å². The third kappa shape index (κ3) is 2.01. The lowest BCUT2D eigenvalue weighted by Crippen LogP contribution is -2.15. The number of anilines is 1. The van der Waals surface area contributed by atoms with E-state index >= 15 is 0 Å². The number of H-pyrrole nitrogens is 1. The molecule has 0 saturated heterocycles. The van der Waals surface area contributed by atoms with Crippen LogP contribution in [0.4, 0.5) is 5.82 Å². The summed E-state index contributed by atoms with van der Waals surface area (Å²) >= 11 is 0. The molecule has 0 bridgehead atoms. The Morgan fingerprint density at radius 1 is 1.39 bits per heavy atom. The third-order valence-electron chi connectivity index (χ3n) is 2.98. The van der Waals surface area contributed by atoms with Crippen molar-refractivity contribution in [3.05, 3.63) is 28.3 Å². The molecule has 6 nitrogen and oxygen atoms in total. The van der Waals surface area contributed by atoms with Crippen molar-refractivity contribution in [2.45, 2.75) is 34.1 Å². The van der Waals surface area contributed by atoms with Crippen LogP contribution in [0.2, 0.25) is 0 Å². The van der Waals surface area contributed by atoms with Crippen LogP contribution in [-0.4, -0.2) is 21.3 Å². The van der Waals surface area contributed by atoms with Crippen molar-refractivity contribution in [2.24, 2.45) is 0 Å². The van der Waals surface area contributed by atoms with E-state index < -0.39 is 0 Å². The molecule has 0 spiro atoms. The molecule has 0 atom stereocenters. The highest BCUT2D eigenvalue weighted by atomic mass is 16.5. The number of nitrogens with zero attached hydrogens (tertiary/aromatic N) is 2. The first-order valence-corrected chi connectivity index (χ1v) is 5.82. The molecule has 0 aliphatic carbocycles. The number of aromatic nitrogens is 3. The lowest BCUT2D eigenvalue weighted by Gasteiger charge is -2.03. The van der Waals surface area contributed by atoms with Crippen molar-refractivity contribution >= 4 is 11.7 Å². The van der Waals surface area contributed by atoms with Crippen molar-refractivity contribution in [1.82, 2.24) is 15.4 Å². The fraction of sp³-hybridized carbons (Fsp3) is 0.417. The molecule has 0 saturated carbocycles. The van der Waals surface area contributed by atoms with Gasteiger partial charge in [0, 0.05) is 11.3 Å². The molecule has 18 heavy (non-hydrogen) atoms. The van der Waals surface area contributed by atoms with Crippen LogP contribution in [0.25, 0.3) is 0 Å². The average Bonchev–Trinajstić information content (AvgIpc) is 2.86. The average molecular weight is 248 g/mol. The number of amides is 1. The van der Waals surface area contributed by atoms with Gasteiger partial charge in [-0.2, -0.15) is 5.10 Å². The summed E-state index contributed by atoms with van der Waals surface area (Å²) in [5.74, 6) is 0.828. The van der Waals surface area contributed by atoms with Gasteiger partial charge in [0.15, 0.2) is 5.82 Å². The fourth-order valence-electron chi connectivity index (χ4n) is 1.73. The molecule has 2 rings (SSSR count). The fourth-order valence-corrected chi connectivity index (χ4v) is 1.73. The number of aryl methyl sites for hydroxylation is 3. The lowest BCUT2D eigenvalue weighted by molar-refractivity contribution is 0.102. The van der Waals surface area contributed by atoms with E-state index in [2.05, 4.69) is 20.7 Å². The molecule has 0 radical (unpaired) electrons. The Morgan fingerprint density at radius 3 is 2.67 bits per heavy atom. The van der Waals surface area contributed by atoms with E-state index in [4.69, 9.17) is 4.52 Å². The largest absolute Gasteiger partial charge is 0.361 e. The maximum atomic E-state index is 12.2. The van der Waals surface area contributed by atoms with Gasteiger partial charge >= 0.3 is 0 Å². The van der Waals surface area contributed by atoms with Crippen molar-refractivity contribution in [3.63, 3.8) is 0 Å². The molecule has 2 aromatic rings. The van der Waals surface area contributed by atoms with Gasteiger partial charge in [0.2, 0.25) is 0 Å². The number of carbonyl (C=O) groups is 1. The Bertz CT molecular complexity index is 583. The molecule has 0 aliphatic rings. The van der Waals surface area contributed by atoms with Crippen LogP contribution in [-0.2, 0) is 6.42 Å². The van der Waals surface area contributed by atoms with Crippen LogP contribution in [0.15, 0.2) is 4.52 Å². The molecule has 0 fully saturated rings. The van der Waals surface area contributed by atoms with Crippen LogP contribution >= 0.6 is 0 Å². The van der Waals surface area contributed by atoms with E-state index in [9.17, 15) is 4.79 Å². The quantitative estimate of drug-likeness (QED) is 0.871. The summed E-state index contributed by atoms with van der Waals surface area (Å²) in [7, 11) is 0. The van der Waals surface area contributed by atoms with Crippen LogP contribution in [0.5, 0.6) is 0 Å². The summed E-state index contributed by atoms with van der Waals surface area (Å²) in [5, 5.41) is 13.5. The SMILES string of the molecule is CCc1noc(C)c1C(=O)Nc1n[nH]c(C)c1C. The lowest BCUT2D eigenvalue weighted by atomic mass is 10.1. The second kappa shape index (κ2) is 4.64. The Labute approximate surface area is 105 Å². The van der Waals surface area contributed by atoms with Gasteiger partial charge in [-0.1, -0.05) is 12.1 Å². The zero-order valence-electron chi connectivity index (χ0n) is 10.9. The van der Waals surface area contributed by atoms with Gasteiger partial charge in [-0.05, 0) is 27.2 Å². The van der Waals surface area contributed by atoms with Crippen molar-refractivity contribution < 1.29 is 9.32 Å². The summed E-state index contributed by atoms with van der Waals surface area (Å²) in [6, 6.07) is 0. The van der Waals surface area contributed by atoms with Gasteiger partial charge < -0.3 is 9.84 Å². The molecule has 96 valence electrons. The highest BCUT2D eigenvalue weighted by molar-refractivity contribution is 6.05. The Hall–Kier alpha value is -2.11. The van der Waals surface area contributed by atoms with Crippen LogP contribution < -0.4 is 5.32 Å². The number of hydrogen-bond acceptors (Lipinski definition) is 4. The second-order valence-electron chi connectivity index (χ2n) is 4.19. The minimum atomic E-state index is -0.236. The van der Waals surface area contributed by atoms with Crippen molar-refractivity contribution in [1.29, 1.82) is 0 Å². The minimum absolute atomic E-state index is 0.236. The number of carbonyl (C=O) groups excluding carboxylic acids is 1. The molecule has 2 heterocycles. The molecule has 0 aliphatic heterocycles. The first kappa shape index (κ1) is 12.3. The van der Waals surface area contributed by atoms with Crippen LogP contribution in [0.1, 0.15) is 40.0 Å². The van der Waals surface area contributed by atoms with Crippen molar-refractivity contribution in [3.8, 4) is 0 Å². The normalized spacial score (nSPS) is 10.7. The number of nitrogens with one attached hydrogen (secondary N) is 2. The van der Waals surface area contributed by atoms with Crippen LogP contribution in [0.3, 0.4) is 0 Å². The Morgan fingerprint density at radius 2 is 2.11 bits per heavy atom. The topological polar surface area (TPSA) is 83.8 Å². The summed E-state index contributed by atoms with van der Waals surface area (Å²) < 4.78 is 5.04. The van der Waals surface area contributed by atoms with Gasteiger partial charge in [-0.15, -0.1) is 0 Å². The van der Waals surface area contributed by atoms with Crippen LogP contribution in [0, 0.1) is 20.8 Å². The summed E-state index contributed by atoms with van der Waals surface area (Å²) in [6.45, 7) is 7.46. The van der Waals surface area contributed by atoms with E-state index in [0.29, 0.717) is 29.3 Å². The zero-order valence-corrected chi connectivity index (χ0v) is 10.9. The van der Waals surface area contributed by atoms with E-state index in [-0.39, 0.29) is 5.91 Å². The number of rotatable bonds is 3.